The molecule has 0 fully saturated rings. The van der Waals surface area contributed by atoms with Crippen LogP contribution in [0.4, 0.5) is 0 Å². The SMILES string of the molecule is CCCC(C)(C)NC(=O)C(C)(C)C(N)=NO. The van der Waals surface area contributed by atoms with Gasteiger partial charge in [-0.05, 0) is 34.1 Å². The van der Waals surface area contributed by atoms with Crippen molar-refractivity contribution < 1.29 is 10.0 Å². The summed E-state index contributed by atoms with van der Waals surface area (Å²) in [6.07, 6.45) is 1.86. The van der Waals surface area contributed by atoms with E-state index in [1.807, 2.05) is 13.8 Å². The number of carbonyl (C=O) groups is 1. The molecule has 1 amide bonds. The molecule has 0 aromatic rings. The number of hydrogen-bond donors (Lipinski definition) is 3. The van der Waals surface area contributed by atoms with Crippen LogP contribution in [0.5, 0.6) is 0 Å². The van der Waals surface area contributed by atoms with Gasteiger partial charge in [-0.1, -0.05) is 18.5 Å². The average molecular weight is 229 g/mol. The second kappa shape index (κ2) is 5.18. The van der Waals surface area contributed by atoms with Crippen molar-refractivity contribution in [3.05, 3.63) is 0 Å². The third kappa shape index (κ3) is 3.72. The van der Waals surface area contributed by atoms with Crippen LogP contribution in [0.2, 0.25) is 0 Å². The van der Waals surface area contributed by atoms with Crippen molar-refractivity contribution >= 4 is 11.7 Å². The molecule has 0 aliphatic heterocycles. The zero-order chi connectivity index (χ0) is 13.0. The summed E-state index contributed by atoms with van der Waals surface area (Å²) >= 11 is 0. The topological polar surface area (TPSA) is 87.7 Å². The number of nitrogens with zero attached hydrogens (tertiary/aromatic N) is 1. The number of nitrogens with two attached hydrogens (primary N) is 1. The molecule has 0 saturated carbocycles. The van der Waals surface area contributed by atoms with E-state index in [-0.39, 0.29) is 17.3 Å². The lowest BCUT2D eigenvalue weighted by Gasteiger charge is -2.31. The Kier molecular flexibility index (Phi) is 4.78. The molecule has 0 radical (unpaired) electrons. The summed E-state index contributed by atoms with van der Waals surface area (Å²) in [5, 5.41) is 14.4. The lowest BCUT2D eigenvalue weighted by atomic mass is 9.88. The fourth-order valence-corrected chi connectivity index (χ4v) is 1.39. The molecule has 0 unspecified atom stereocenters. The van der Waals surface area contributed by atoms with Gasteiger partial charge in [0, 0.05) is 5.54 Å². The summed E-state index contributed by atoms with van der Waals surface area (Å²) in [7, 11) is 0. The average Bonchev–Trinajstić information content (AvgIpc) is 2.15. The largest absolute Gasteiger partial charge is 0.409 e. The van der Waals surface area contributed by atoms with E-state index >= 15 is 0 Å². The highest BCUT2D eigenvalue weighted by Crippen LogP contribution is 2.19. The highest BCUT2D eigenvalue weighted by Gasteiger charge is 2.35. The maximum absolute atomic E-state index is 12.0. The lowest BCUT2D eigenvalue weighted by molar-refractivity contribution is -0.128. The molecule has 0 aromatic carbocycles. The van der Waals surface area contributed by atoms with Gasteiger partial charge in [0.2, 0.25) is 5.91 Å². The van der Waals surface area contributed by atoms with Crippen LogP contribution >= 0.6 is 0 Å². The van der Waals surface area contributed by atoms with Crippen LogP contribution in [0.15, 0.2) is 5.16 Å². The first kappa shape index (κ1) is 14.7. The molecule has 0 aliphatic carbocycles. The first-order chi connectivity index (χ1) is 7.17. The Morgan fingerprint density at radius 2 is 1.88 bits per heavy atom. The number of oxime groups is 1. The Hall–Kier alpha value is -1.26. The van der Waals surface area contributed by atoms with E-state index in [0.717, 1.165) is 12.8 Å². The van der Waals surface area contributed by atoms with Gasteiger partial charge in [-0.3, -0.25) is 4.79 Å². The van der Waals surface area contributed by atoms with Crippen molar-refractivity contribution in [2.75, 3.05) is 0 Å². The molecule has 5 heteroatoms. The minimum absolute atomic E-state index is 0.0858. The van der Waals surface area contributed by atoms with Gasteiger partial charge in [0.25, 0.3) is 0 Å². The van der Waals surface area contributed by atoms with Gasteiger partial charge < -0.3 is 16.3 Å². The molecule has 0 aromatic heterocycles. The summed E-state index contributed by atoms with van der Waals surface area (Å²) in [6, 6.07) is 0. The van der Waals surface area contributed by atoms with Crippen molar-refractivity contribution in [1.82, 2.24) is 5.32 Å². The Balaban J connectivity index is 4.70. The smallest absolute Gasteiger partial charge is 0.233 e. The molecule has 4 N–H and O–H groups in total. The molecule has 0 aliphatic rings. The third-order valence-corrected chi connectivity index (χ3v) is 2.64. The minimum Gasteiger partial charge on any atom is -0.409 e. The quantitative estimate of drug-likeness (QED) is 0.288. The number of carbonyl (C=O) groups excluding carboxylic acids is 1. The molecular formula is C11H23N3O2. The van der Waals surface area contributed by atoms with Crippen LogP contribution in [0, 0.1) is 5.41 Å². The van der Waals surface area contributed by atoms with E-state index in [0.29, 0.717) is 0 Å². The lowest BCUT2D eigenvalue weighted by Crippen LogP contribution is -2.52. The standard InChI is InChI=1S/C11H23N3O2/c1-6-7-10(2,3)13-9(15)11(4,5)8(12)14-16/h16H,6-7H2,1-5H3,(H2,12,14)(H,13,15). The predicted molar refractivity (Wildman–Crippen MR) is 64.3 cm³/mol. The van der Waals surface area contributed by atoms with Crippen molar-refractivity contribution in [3.63, 3.8) is 0 Å². The highest BCUT2D eigenvalue weighted by molar-refractivity contribution is 6.06. The number of amides is 1. The Bertz CT molecular complexity index is 283. The summed E-state index contributed by atoms with van der Waals surface area (Å²) < 4.78 is 0. The number of amidine groups is 1. The Labute approximate surface area is 97.1 Å². The van der Waals surface area contributed by atoms with Crippen molar-refractivity contribution in [1.29, 1.82) is 0 Å². The van der Waals surface area contributed by atoms with E-state index in [1.54, 1.807) is 13.8 Å². The summed E-state index contributed by atoms with van der Waals surface area (Å²) in [5.74, 6) is -0.321. The molecule has 94 valence electrons. The molecule has 0 spiro atoms. The van der Waals surface area contributed by atoms with E-state index < -0.39 is 5.41 Å². The second-order valence-electron chi connectivity index (χ2n) is 5.20. The maximum atomic E-state index is 12.0. The van der Waals surface area contributed by atoms with E-state index in [1.165, 1.54) is 0 Å². The normalized spacial score (nSPS) is 13.7. The van der Waals surface area contributed by atoms with Crippen LogP contribution in [0.1, 0.15) is 47.5 Å². The molecule has 0 rings (SSSR count). The third-order valence-electron chi connectivity index (χ3n) is 2.64. The van der Waals surface area contributed by atoms with Crippen LogP contribution in [-0.4, -0.2) is 22.5 Å². The van der Waals surface area contributed by atoms with Gasteiger partial charge >= 0.3 is 0 Å². The molecule has 16 heavy (non-hydrogen) atoms. The summed E-state index contributed by atoms with van der Waals surface area (Å²) in [5.41, 5.74) is 4.20. The predicted octanol–water partition coefficient (Wildman–Crippen LogP) is 1.45. The number of rotatable bonds is 5. The van der Waals surface area contributed by atoms with E-state index in [4.69, 9.17) is 10.9 Å². The van der Waals surface area contributed by atoms with Crippen molar-refractivity contribution in [2.45, 2.75) is 53.0 Å². The van der Waals surface area contributed by atoms with Crippen molar-refractivity contribution in [3.8, 4) is 0 Å². The summed E-state index contributed by atoms with van der Waals surface area (Å²) in [6.45, 7) is 9.22. The Morgan fingerprint density at radius 3 is 2.25 bits per heavy atom. The van der Waals surface area contributed by atoms with Gasteiger partial charge in [0.1, 0.15) is 5.41 Å². The van der Waals surface area contributed by atoms with Gasteiger partial charge in [-0.25, -0.2) is 0 Å². The molecular weight excluding hydrogens is 206 g/mol. The van der Waals surface area contributed by atoms with E-state index in [2.05, 4.69) is 17.4 Å². The minimum atomic E-state index is -1.00. The molecule has 0 heterocycles. The van der Waals surface area contributed by atoms with Gasteiger partial charge in [-0.15, -0.1) is 0 Å². The van der Waals surface area contributed by atoms with Gasteiger partial charge in [0.15, 0.2) is 5.84 Å². The molecule has 0 atom stereocenters. The Morgan fingerprint density at radius 1 is 1.38 bits per heavy atom. The van der Waals surface area contributed by atoms with Crippen molar-refractivity contribution in [2.24, 2.45) is 16.3 Å². The highest BCUT2D eigenvalue weighted by atomic mass is 16.4. The monoisotopic (exact) mass is 229 g/mol. The maximum Gasteiger partial charge on any atom is 0.233 e. The van der Waals surface area contributed by atoms with Crippen LogP contribution in [-0.2, 0) is 4.79 Å². The number of hydrogen-bond acceptors (Lipinski definition) is 3. The number of nitrogens with one attached hydrogen (secondary N) is 1. The van der Waals surface area contributed by atoms with Crippen LogP contribution < -0.4 is 11.1 Å². The second-order valence-corrected chi connectivity index (χ2v) is 5.20. The zero-order valence-electron chi connectivity index (χ0n) is 10.8. The molecule has 0 saturated heterocycles. The first-order valence-corrected chi connectivity index (χ1v) is 5.48. The zero-order valence-corrected chi connectivity index (χ0v) is 10.8. The van der Waals surface area contributed by atoms with E-state index in [9.17, 15) is 4.79 Å². The molecule has 5 nitrogen and oxygen atoms in total. The fraction of sp³-hybridized carbons (Fsp3) is 0.818. The summed E-state index contributed by atoms with van der Waals surface area (Å²) in [4.78, 5) is 12.0. The van der Waals surface area contributed by atoms with Gasteiger partial charge in [-0.2, -0.15) is 0 Å². The van der Waals surface area contributed by atoms with Crippen LogP contribution in [0.3, 0.4) is 0 Å². The first-order valence-electron chi connectivity index (χ1n) is 5.48. The van der Waals surface area contributed by atoms with Gasteiger partial charge in [0.05, 0.1) is 0 Å². The fourth-order valence-electron chi connectivity index (χ4n) is 1.39. The molecule has 0 bridgehead atoms. The van der Waals surface area contributed by atoms with Crippen LogP contribution in [0.25, 0.3) is 0 Å².